The predicted molar refractivity (Wildman–Crippen MR) is 97.1 cm³/mol. The first-order valence-corrected chi connectivity index (χ1v) is 8.84. The van der Waals surface area contributed by atoms with Crippen LogP contribution in [0.2, 0.25) is 0 Å². The molecule has 3 heteroatoms. The lowest BCUT2D eigenvalue weighted by atomic mass is 9.69. The number of fused-ring (bicyclic) bond motifs is 3. The van der Waals surface area contributed by atoms with E-state index in [-0.39, 0.29) is 17.0 Å². The average Bonchev–Trinajstić information content (AvgIpc) is 2.92. The maximum atomic E-state index is 9.35. The third kappa shape index (κ3) is 3.61. The highest BCUT2D eigenvalue weighted by molar-refractivity contribution is 8.93. The second-order valence-corrected chi connectivity index (χ2v) is 7.15. The van der Waals surface area contributed by atoms with Crippen molar-refractivity contribution >= 4 is 17.0 Å². The van der Waals surface area contributed by atoms with Crippen LogP contribution in [0.5, 0.6) is 0 Å². The van der Waals surface area contributed by atoms with Crippen LogP contribution in [0.15, 0.2) is 12.2 Å². The standard InChI is InChI=1S/C19H29NO.BrH/c1-2-3-4-6-15-7-5-8-19-18(15)12-11-16-9-10-17(13-14-21)20(16)19;/h1,3-4,15-19,21H,5-14H2;1H/b4-3+;. The van der Waals surface area contributed by atoms with Gasteiger partial charge >= 0.3 is 0 Å². The molecule has 1 N–H and O–H groups in total. The minimum atomic E-state index is 0. The van der Waals surface area contributed by atoms with Gasteiger partial charge in [0.15, 0.2) is 0 Å². The summed E-state index contributed by atoms with van der Waals surface area (Å²) in [5.74, 6) is 4.30. The van der Waals surface area contributed by atoms with Crippen molar-refractivity contribution in [2.75, 3.05) is 6.61 Å². The first kappa shape index (κ1) is 18.0. The van der Waals surface area contributed by atoms with Gasteiger partial charge in [-0.3, -0.25) is 4.90 Å². The van der Waals surface area contributed by atoms with Crippen molar-refractivity contribution in [1.29, 1.82) is 0 Å². The molecule has 2 aliphatic heterocycles. The van der Waals surface area contributed by atoms with E-state index in [1.807, 2.05) is 6.08 Å². The molecule has 22 heavy (non-hydrogen) atoms. The summed E-state index contributed by atoms with van der Waals surface area (Å²) in [4.78, 5) is 2.83. The smallest absolute Gasteiger partial charge is 0.0445 e. The highest BCUT2D eigenvalue weighted by Crippen LogP contribution is 2.47. The zero-order valence-electron chi connectivity index (χ0n) is 13.5. The van der Waals surface area contributed by atoms with Crippen molar-refractivity contribution in [3.63, 3.8) is 0 Å². The van der Waals surface area contributed by atoms with Crippen LogP contribution < -0.4 is 0 Å². The second kappa shape index (κ2) is 8.52. The third-order valence-electron chi connectivity index (χ3n) is 6.18. The Kier molecular flexibility index (Phi) is 6.99. The molecule has 3 fully saturated rings. The molecule has 1 aliphatic carbocycles. The summed E-state index contributed by atoms with van der Waals surface area (Å²) in [5.41, 5.74) is 0. The minimum absolute atomic E-state index is 0. The summed E-state index contributed by atoms with van der Waals surface area (Å²) in [6.45, 7) is 0.347. The normalized spacial score (nSPS) is 38.1. The van der Waals surface area contributed by atoms with E-state index in [1.54, 1.807) is 0 Å². The highest BCUT2D eigenvalue weighted by atomic mass is 79.9. The molecule has 0 radical (unpaired) electrons. The lowest BCUT2D eigenvalue weighted by molar-refractivity contribution is -0.0166. The number of rotatable bonds is 4. The van der Waals surface area contributed by atoms with Gasteiger partial charge in [0, 0.05) is 24.7 Å². The van der Waals surface area contributed by atoms with Crippen molar-refractivity contribution in [3.8, 4) is 12.3 Å². The highest BCUT2D eigenvalue weighted by Gasteiger charge is 2.46. The monoisotopic (exact) mass is 367 g/mol. The zero-order chi connectivity index (χ0) is 14.7. The number of aliphatic hydroxyl groups excluding tert-OH is 1. The van der Waals surface area contributed by atoms with Crippen molar-refractivity contribution in [3.05, 3.63) is 12.2 Å². The van der Waals surface area contributed by atoms with Gasteiger partial charge in [0.2, 0.25) is 0 Å². The SMILES string of the molecule is Br.C#C/C=C/CC1CCCC2C1CCC1CCC(CCO)N12. The van der Waals surface area contributed by atoms with Gasteiger partial charge in [-0.1, -0.05) is 18.4 Å². The van der Waals surface area contributed by atoms with Gasteiger partial charge in [0.05, 0.1) is 0 Å². The molecule has 0 bridgehead atoms. The molecule has 0 aromatic rings. The van der Waals surface area contributed by atoms with Crippen LogP contribution in [0, 0.1) is 24.2 Å². The molecular formula is C19H30BrNO. The van der Waals surface area contributed by atoms with E-state index < -0.39 is 0 Å². The predicted octanol–water partition coefficient (Wildman–Crippen LogP) is 3.94. The first-order chi connectivity index (χ1) is 10.3. The van der Waals surface area contributed by atoms with Gasteiger partial charge in [0.25, 0.3) is 0 Å². The fraction of sp³-hybridized carbons (Fsp3) is 0.789. The second-order valence-electron chi connectivity index (χ2n) is 7.15. The Morgan fingerprint density at radius 1 is 1.14 bits per heavy atom. The number of terminal acetylenes is 1. The van der Waals surface area contributed by atoms with Gasteiger partial charge in [-0.15, -0.1) is 23.4 Å². The molecule has 0 spiro atoms. The number of allylic oxidation sites excluding steroid dienone is 2. The molecule has 3 aliphatic rings. The molecule has 2 saturated heterocycles. The summed E-state index contributed by atoms with van der Waals surface area (Å²) in [6, 6.07) is 2.23. The number of hydrogen-bond acceptors (Lipinski definition) is 2. The third-order valence-corrected chi connectivity index (χ3v) is 6.18. The van der Waals surface area contributed by atoms with Crippen LogP contribution in [0.1, 0.15) is 57.8 Å². The topological polar surface area (TPSA) is 23.5 Å². The van der Waals surface area contributed by atoms with E-state index in [9.17, 15) is 5.11 Å². The van der Waals surface area contributed by atoms with E-state index in [0.29, 0.717) is 12.6 Å². The summed E-state index contributed by atoms with van der Waals surface area (Å²) < 4.78 is 0. The molecule has 5 atom stereocenters. The van der Waals surface area contributed by atoms with E-state index >= 15 is 0 Å². The minimum Gasteiger partial charge on any atom is -0.396 e. The molecule has 2 nitrogen and oxygen atoms in total. The summed E-state index contributed by atoms with van der Waals surface area (Å²) in [6.07, 6.45) is 21.1. The zero-order valence-corrected chi connectivity index (χ0v) is 15.2. The van der Waals surface area contributed by atoms with Gasteiger partial charge in [0.1, 0.15) is 0 Å². The van der Waals surface area contributed by atoms with E-state index in [0.717, 1.165) is 36.8 Å². The van der Waals surface area contributed by atoms with E-state index in [4.69, 9.17) is 6.42 Å². The lowest BCUT2D eigenvalue weighted by Crippen LogP contribution is -2.54. The summed E-state index contributed by atoms with van der Waals surface area (Å²) in [7, 11) is 0. The van der Waals surface area contributed by atoms with Crippen LogP contribution in [0.3, 0.4) is 0 Å². The van der Waals surface area contributed by atoms with Crippen LogP contribution in [-0.4, -0.2) is 34.7 Å². The van der Waals surface area contributed by atoms with Crippen molar-refractivity contribution in [1.82, 2.24) is 4.90 Å². The van der Waals surface area contributed by atoms with Gasteiger partial charge in [-0.25, -0.2) is 0 Å². The van der Waals surface area contributed by atoms with Gasteiger partial charge in [-0.05, 0) is 69.3 Å². The van der Waals surface area contributed by atoms with E-state index in [2.05, 4.69) is 16.9 Å². The number of piperidine rings is 1. The molecule has 124 valence electrons. The molecular weight excluding hydrogens is 338 g/mol. The number of nitrogens with zero attached hydrogens (tertiary/aromatic N) is 1. The molecule has 0 aromatic heterocycles. The number of hydrogen-bond donors (Lipinski definition) is 1. The number of aliphatic hydroxyl groups is 1. The van der Waals surface area contributed by atoms with Crippen molar-refractivity contribution in [2.45, 2.75) is 75.9 Å². The number of halogens is 1. The van der Waals surface area contributed by atoms with E-state index in [1.165, 1.54) is 44.9 Å². The Bertz CT molecular complexity index is 416. The Balaban J connectivity index is 0.00000176. The Morgan fingerprint density at radius 2 is 1.95 bits per heavy atom. The van der Waals surface area contributed by atoms with Gasteiger partial charge in [-0.2, -0.15) is 0 Å². The first-order valence-electron chi connectivity index (χ1n) is 8.84. The van der Waals surface area contributed by atoms with Crippen LogP contribution in [0.4, 0.5) is 0 Å². The van der Waals surface area contributed by atoms with Crippen LogP contribution in [-0.2, 0) is 0 Å². The molecule has 0 aromatic carbocycles. The van der Waals surface area contributed by atoms with Crippen molar-refractivity contribution in [2.24, 2.45) is 11.8 Å². The largest absolute Gasteiger partial charge is 0.396 e. The van der Waals surface area contributed by atoms with Gasteiger partial charge < -0.3 is 5.11 Å². The average molecular weight is 368 g/mol. The van der Waals surface area contributed by atoms with Crippen molar-refractivity contribution < 1.29 is 5.11 Å². The molecule has 2 heterocycles. The quantitative estimate of drug-likeness (QED) is 0.760. The maximum absolute atomic E-state index is 9.35. The summed E-state index contributed by atoms with van der Waals surface area (Å²) >= 11 is 0. The molecule has 5 unspecified atom stereocenters. The Labute approximate surface area is 146 Å². The molecule has 1 saturated carbocycles. The maximum Gasteiger partial charge on any atom is 0.0445 e. The molecule has 3 rings (SSSR count). The lowest BCUT2D eigenvalue weighted by Gasteiger charge is -2.51. The Morgan fingerprint density at radius 3 is 2.73 bits per heavy atom. The fourth-order valence-electron chi connectivity index (χ4n) is 5.38. The Hall–Kier alpha value is -0.300. The summed E-state index contributed by atoms with van der Waals surface area (Å²) in [5, 5.41) is 9.35. The molecule has 0 amide bonds. The van der Waals surface area contributed by atoms with Crippen LogP contribution in [0.25, 0.3) is 0 Å². The van der Waals surface area contributed by atoms with Crippen LogP contribution >= 0.6 is 17.0 Å². The fourth-order valence-corrected chi connectivity index (χ4v) is 5.38.